The van der Waals surface area contributed by atoms with Gasteiger partial charge < -0.3 is 4.98 Å². The molecule has 0 spiro atoms. The second-order valence-electron chi connectivity index (χ2n) is 6.63. The number of hydrogen-bond donors (Lipinski definition) is 1. The van der Waals surface area contributed by atoms with Crippen LogP contribution < -0.4 is 5.56 Å². The molecule has 0 bridgehead atoms. The summed E-state index contributed by atoms with van der Waals surface area (Å²) in [6.45, 7) is 8.85. The van der Waals surface area contributed by atoms with Gasteiger partial charge >= 0.3 is 0 Å². The molecule has 0 atom stereocenters. The molecule has 3 rings (SSSR count). The SMILES string of the molecule is CC(C)(C)c1nc2c(c(=O)[nH]1)CCN(Cc1cccs1)C2. The van der Waals surface area contributed by atoms with Crippen LogP contribution in [0.3, 0.4) is 0 Å². The van der Waals surface area contributed by atoms with Crippen molar-refractivity contribution >= 4 is 11.3 Å². The van der Waals surface area contributed by atoms with E-state index in [1.165, 1.54) is 4.88 Å². The maximum atomic E-state index is 12.2. The van der Waals surface area contributed by atoms with Crippen LogP contribution >= 0.6 is 11.3 Å². The van der Waals surface area contributed by atoms with Crippen molar-refractivity contribution in [1.29, 1.82) is 0 Å². The van der Waals surface area contributed by atoms with Crippen LogP contribution in [0.15, 0.2) is 22.3 Å². The maximum absolute atomic E-state index is 12.2. The van der Waals surface area contributed by atoms with Crippen molar-refractivity contribution < 1.29 is 0 Å². The van der Waals surface area contributed by atoms with Crippen LogP contribution in [0, 0.1) is 0 Å². The van der Waals surface area contributed by atoms with Gasteiger partial charge in [0.05, 0.1) is 5.69 Å². The average Bonchev–Trinajstić information content (AvgIpc) is 2.90. The normalized spacial score (nSPS) is 16.0. The van der Waals surface area contributed by atoms with Crippen molar-refractivity contribution in [3.05, 3.63) is 49.8 Å². The molecule has 0 radical (unpaired) electrons. The first-order valence-corrected chi connectivity index (χ1v) is 8.19. The largest absolute Gasteiger partial charge is 0.310 e. The van der Waals surface area contributed by atoms with Gasteiger partial charge in [-0.3, -0.25) is 9.69 Å². The quantitative estimate of drug-likeness (QED) is 0.928. The molecule has 0 saturated carbocycles. The number of H-pyrrole nitrogens is 1. The third-order valence-electron chi connectivity index (χ3n) is 3.82. The van der Waals surface area contributed by atoms with Gasteiger partial charge in [-0.1, -0.05) is 26.8 Å². The summed E-state index contributed by atoms with van der Waals surface area (Å²) in [7, 11) is 0. The number of rotatable bonds is 2. The van der Waals surface area contributed by atoms with Gasteiger partial charge in [-0.2, -0.15) is 0 Å². The van der Waals surface area contributed by atoms with Crippen LogP contribution in [0.25, 0.3) is 0 Å². The molecular weight excluding hydrogens is 282 g/mol. The Morgan fingerprint density at radius 3 is 2.90 bits per heavy atom. The molecule has 0 saturated heterocycles. The molecule has 1 aliphatic heterocycles. The number of nitrogens with zero attached hydrogens (tertiary/aromatic N) is 2. The Kier molecular flexibility index (Phi) is 3.71. The van der Waals surface area contributed by atoms with E-state index < -0.39 is 0 Å². The zero-order valence-electron chi connectivity index (χ0n) is 12.8. The van der Waals surface area contributed by atoms with Crippen molar-refractivity contribution in [3.63, 3.8) is 0 Å². The number of aromatic nitrogens is 2. The minimum atomic E-state index is -0.135. The summed E-state index contributed by atoms with van der Waals surface area (Å²) < 4.78 is 0. The first-order valence-electron chi connectivity index (χ1n) is 7.31. The molecule has 112 valence electrons. The molecule has 0 fully saturated rings. The molecule has 1 aliphatic rings. The standard InChI is InChI=1S/C16H21N3OS/c1-16(2,3)15-17-13-10-19(9-11-5-4-8-21-11)7-6-12(13)14(20)18-15/h4-5,8H,6-7,9-10H2,1-3H3,(H,17,18,20). The van der Waals surface area contributed by atoms with E-state index in [0.29, 0.717) is 0 Å². The lowest BCUT2D eigenvalue weighted by molar-refractivity contribution is 0.241. The second-order valence-corrected chi connectivity index (χ2v) is 7.66. The molecule has 3 heterocycles. The van der Waals surface area contributed by atoms with Crippen LogP contribution in [-0.4, -0.2) is 21.4 Å². The summed E-state index contributed by atoms with van der Waals surface area (Å²) in [6, 6.07) is 4.24. The highest BCUT2D eigenvalue weighted by molar-refractivity contribution is 7.09. The molecule has 5 heteroatoms. The Labute approximate surface area is 128 Å². The average molecular weight is 303 g/mol. The topological polar surface area (TPSA) is 49.0 Å². The highest BCUT2D eigenvalue weighted by Gasteiger charge is 2.24. The number of fused-ring (bicyclic) bond motifs is 1. The van der Waals surface area contributed by atoms with Gasteiger partial charge in [-0.15, -0.1) is 11.3 Å². The van der Waals surface area contributed by atoms with Gasteiger partial charge in [-0.05, 0) is 17.9 Å². The number of aromatic amines is 1. The molecular formula is C16H21N3OS. The van der Waals surface area contributed by atoms with Crippen molar-refractivity contribution in [2.75, 3.05) is 6.54 Å². The van der Waals surface area contributed by atoms with E-state index in [4.69, 9.17) is 4.98 Å². The molecule has 4 nitrogen and oxygen atoms in total. The van der Waals surface area contributed by atoms with Gasteiger partial charge in [0.1, 0.15) is 5.82 Å². The molecule has 0 aliphatic carbocycles. The minimum absolute atomic E-state index is 0.0423. The molecule has 2 aromatic rings. The number of thiophene rings is 1. The number of nitrogens with one attached hydrogen (secondary N) is 1. The van der Waals surface area contributed by atoms with E-state index in [1.807, 2.05) is 0 Å². The third kappa shape index (κ3) is 3.09. The van der Waals surface area contributed by atoms with Gasteiger partial charge in [0.15, 0.2) is 0 Å². The summed E-state index contributed by atoms with van der Waals surface area (Å²) in [5, 5.41) is 2.11. The first kappa shape index (κ1) is 14.5. The van der Waals surface area contributed by atoms with Crippen LogP contribution in [0.5, 0.6) is 0 Å². The Hall–Kier alpha value is -1.46. The lowest BCUT2D eigenvalue weighted by Gasteiger charge is -2.28. The van der Waals surface area contributed by atoms with Crippen LogP contribution in [-0.2, 0) is 24.9 Å². The van der Waals surface area contributed by atoms with Crippen molar-refractivity contribution in [3.8, 4) is 0 Å². The molecule has 0 unspecified atom stereocenters. The van der Waals surface area contributed by atoms with E-state index >= 15 is 0 Å². The summed E-state index contributed by atoms with van der Waals surface area (Å²) >= 11 is 1.78. The van der Waals surface area contributed by atoms with E-state index in [1.54, 1.807) is 11.3 Å². The maximum Gasteiger partial charge on any atom is 0.254 e. The lowest BCUT2D eigenvalue weighted by atomic mass is 9.95. The van der Waals surface area contributed by atoms with Gasteiger partial charge in [0, 0.05) is 35.5 Å². The summed E-state index contributed by atoms with van der Waals surface area (Å²) in [5.74, 6) is 0.782. The fraction of sp³-hybridized carbons (Fsp3) is 0.500. The predicted octanol–water partition coefficient (Wildman–Crippen LogP) is 2.69. The number of hydrogen-bond acceptors (Lipinski definition) is 4. The Bertz CT molecular complexity index is 683. The lowest BCUT2D eigenvalue weighted by Crippen LogP contribution is -2.36. The van der Waals surface area contributed by atoms with Crippen LogP contribution in [0.4, 0.5) is 0 Å². The van der Waals surface area contributed by atoms with Crippen molar-refractivity contribution in [2.45, 2.75) is 45.7 Å². The second kappa shape index (κ2) is 5.39. The molecule has 0 aromatic carbocycles. The summed E-state index contributed by atoms with van der Waals surface area (Å²) in [5.41, 5.74) is 1.72. The highest BCUT2D eigenvalue weighted by atomic mass is 32.1. The fourth-order valence-corrected chi connectivity index (χ4v) is 3.35. The smallest absolute Gasteiger partial charge is 0.254 e. The predicted molar refractivity (Wildman–Crippen MR) is 85.7 cm³/mol. The highest BCUT2D eigenvalue weighted by Crippen LogP contribution is 2.22. The molecule has 0 amide bonds. The summed E-state index contributed by atoms with van der Waals surface area (Å²) in [6.07, 6.45) is 0.785. The zero-order chi connectivity index (χ0) is 15.0. The molecule has 21 heavy (non-hydrogen) atoms. The monoisotopic (exact) mass is 303 g/mol. The van der Waals surface area contributed by atoms with E-state index in [0.717, 1.165) is 43.1 Å². The van der Waals surface area contributed by atoms with Gasteiger partial charge in [0.2, 0.25) is 0 Å². The van der Waals surface area contributed by atoms with Crippen LogP contribution in [0.1, 0.15) is 42.7 Å². The zero-order valence-corrected chi connectivity index (χ0v) is 13.6. The van der Waals surface area contributed by atoms with E-state index in [-0.39, 0.29) is 11.0 Å². The van der Waals surface area contributed by atoms with E-state index in [2.05, 4.69) is 48.2 Å². The van der Waals surface area contributed by atoms with Gasteiger partial charge in [-0.25, -0.2) is 4.98 Å². The Morgan fingerprint density at radius 2 is 2.24 bits per heavy atom. The Morgan fingerprint density at radius 1 is 1.43 bits per heavy atom. The van der Waals surface area contributed by atoms with E-state index in [9.17, 15) is 4.79 Å². The van der Waals surface area contributed by atoms with Crippen molar-refractivity contribution in [2.24, 2.45) is 0 Å². The fourth-order valence-electron chi connectivity index (χ4n) is 2.61. The molecule has 2 aromatic heterocycles. The first-order chi connectivity index (χ1) is 9.93. The Balaban J connectivity index is 1.87. The molecule has 1 N–H and O–H groups in total. The third-order valence-corrected chi connectivity index (χ3v) is 4.68. The van der Waals surface area contributed by atoms with Gasteiger partial charge in [0.25, 0.3) is 5.56 Å². The minimum Gasteiger partial charge on any atom is -0.310 e. The van der Waals surface area contributed by atoms with Crippen LogP contribution in [0.2, 0.25) is 0 Å². The van der Waals surface area contributed by atoms with Crippen molar-refractivity contribution in [1.82, 2.24) is 14.9 Å². The summed E-state index contributed by atoms with van der Waals surface area (Å²) in [4.78, 5) is 23.7.